The molecule has 0 bridgehead atoms. The summed E-state index contributed by atoms with van der Waals surface area (Å²) in [6.45, 7) is 2.66. The molecule has 0 unspecified atom stereocenters. The van der Waals surface area contributed by atoms with Crippen molar-refractivity contribution in [1.29, 1.82) is 0 Å². The molecule has 0 saturated carbocycles. The van der Waals surface area contributed by atoms with E-state index in [9.17, 15) is 4.79 Å². The summed E-state index contributed by atoms with van der Waals surface area (Å²) in [5.41, 5.74) is 10.2. The number of aryl methyl sites for hydroxylation is 1. The van der Waals surface area contributed by atoms with Gasteiger partial charge in [0.2, 0.25) is 0 Å². The van der Waals surface area contributed by atoms with Crippen molar-refractivity contribution in [3.8, 4) is 17.0 Å². The third-order valence-electron chi connectivity index (χ3n) is 3.68. The smallest absolute Gasteiger partial charge is 0.298 e. The van der Waals surface area contributed by atoms with Crippen molar-refractivity contribution in [3.63, 3.8) is 0 Å². The molecule has 0 aliphatic carbocycles. The zero-order chi connectivity index (χ0) is 15.5. The Bertz CT molecular complexity index is 829. The summed E-state index contributed by atoms with van der Waals surface area (Å²) in [5.74, 6) is 0.491. The standard InChI is InChI=1S/C18H16N2O2/c1-12-6-5-9-14-16(12)20-17(13-7-3-2-4-8-13)15(10-19)18(14)22-11-21/h2-9,11H,10,19H2,1H3. The van der Waals surface area contributed by atoms with Crippen LogP contribution in [-0.2, 0) is 11.3 Å². The number of pyridine rings is 1. The molecule has 0 saturated heterocycles. The molecule has 0 radical (unpaired) electrons. The van der Waals surface area contributed by atoms with Crippen LogP contribution in [0.5, 0.6) is 5.75 Å². The minimum absolute atomic E-state index is 0.240. The van der Waals surface area contributed by atoms with Crippen LogP contribution in [0.25, 0.3) is 22.2 Å². The first-order valence-electron chi connectivity index (χ1n) is 7.04. The highest BCUT2D eigenvalue weighted by molar-refractivity contribution is 5.93. The summed E-state index contributed by atoms with van der Waals surface area (Å²) < 4.78 is 5.26. The second-order valence-corrected chi connectivity index (χ2v) is 5.02. The van der Waals surface area contributed by atoms with Crippen LogP contribution in [0.15, 0.2) is 48.5 Å². The topological polar surface area (TPSA) is 65.2 Å². The van der Waals surface area contributed by atoms with E-state index in [1.807, 2.05) is 55.5 Å². The minimum Gasteiger partial charge on any atom is -0.428 e. The zero-order valence-electron chi connectivity index (χ0n) is 12.2. The summed E-state index contributed by atoms with van der Waals surface area (Å²) in [6, 6.07) is 15.6. The Morgan fingerprint density at radius 2 is 1.91 bits per heavy atom. The van der Waals surface area contributed by atoms with Gasteiger partial charge in [-0.2, -0.15) is 0 Å². The third kappa shape index (κ3) is 2.34. The number of carbonyl (C=O) groups is 1. The quantitative estimate of drug-likeness (QED) is 0.750. The summed E-state index contributed by atoms with van der Waals surface area (Å²) in [5, 5.41) is 0.798. The van der Waals surface area contributed by atoms with Gasteiger partial charge < -0.3 is 10.5 Å². The van der Waals surface area contributed by atoms with Crippen LogP contribution < -0.4 is 10.5 Å². The summed E-state index contributed by atoms with van der Waals surface area (Å²) in [4.78, 5) is 15.7. The average Bonchev–Trinajstić information content (AvgIpc) is 2.56. The highest BCUT2D eigenvalue weighted by atomic mass is 16.5. The van der Waals surface area contributed by atoms with Gasteiger partial charge in [0.25, 0.3) is 6.47 Å². The van der Waals surface area contributed by atoms with Crippen LogP contribution in [0.1, 0.15) is 11.1 Å². The Morgan fingerprint density at radius 1 is 1.14 bits per heavy atom. The number of benzene rings is 2. The van der Waals surface area contributed by atoms with E-state index >= 15 is 0 Å². The fourth-order valence-electron chi connectivity index (χ4n) is 2.65. The van der Waals surface area contributed by atoms with Gasteiger partial charge in [0.15, 0.2) is 0 Å². The lowest BCUT2D eigenvalue weighted by molar-refractivity contribution is -0.120. The van der Waals surface area contributed by atoms with Gasteiger partial charge in [0.05, 0.1) is 11.2 Å². The first-order chi connectivity index (χ1) is 10.8. The van der Waals surface area contributed by atoms with E-state index in [1.54, 1.807) is 0 Å². The highest BCUT2D eigenvalue weighted by Gasteiger charge is 2.17. The number of nitrogens with two attached hydrogens (primary N) is 1. The Labute approximate surface area is 128 Å². The van der Waals surface area contributed by atoms with E-state index in [0.29, 0.717) is 12.2 Å². The monoisotopic (exact) mass is 292 g/mol. The molecular formula is C18H16N2O2. The predicted octanol–water partition coefficient (Wildman–Crippen LogP) is 3.20. The number of carbonyl (C=O) groups excluding carboxylic acids is 1. The van der Waals surface area contributed by atoms with Crippen molar-refractivity contribution in [3.05, 3.63) is 59.7 Å². The molecule has 2 aromatic carbocycles. The molecule has 3 rings (SSSR count). The minimum atomic E-state index is 0.240. The first kappa shape index (κ1) is 14.2. The normalized spacial score (nSPS) is 10.6. The molecule has 1 heterocycles. The van der Waals surface area contributed by atoms with E-state index in [4.69, 9.17) is 15.5 Å². The van der Waals surface area contributed by atoms with Gasteiger partial charge in [0, 0.05) is 23.1 Å². The van der Waals surface area contributed by atoms with Gasteiger partial charge in [-0.05, 0) is 18.6 Å². The molecule has 2 N–H and O–H groups in total. The number of fused-ring (bicyclic) bond motifs is 1. The van der Waals surface area contributed by atoms with Gasteiger partial charge in [-0.15, -0.1) is 0 Å². The van der Waals surface area contributed by atoms with Crippen molar-refractivity contribution in [2.75, 3.05) is 0 Å². The van der Waals surface area contributed by atoms with Crippen molar-refractivity contribution >= 4 is 17.4 Å². The van der Waals surface area contributed by atoms with E-state index in [-0.39, 0.29) is 6.54 Å². The lowest BCUT2D eigenvalue weighted by Gasteiger charge is -2.15. The van der Waals surface area contributed by atoms with Crippen LogP contribution in [0.4, 0.5) is 0 Å². The number of nitrogens with zero attached hydrogens (tertiary/aromatic N) is 1. The molecule has 3 aromatic rings. The molecular weight excluding hydrogens is 276 g/mol. The summed E-state index contributed by atoms with van der Waals surface area (Å²) >= 11 is 0. The van der Waals surface area contributed by atoms with E-state index < -0.39 is 0 Å². The maximum Gasteiger partial charge on any atom is 0.298 e. The lowest BCUT2D eigenvalue weighted by atomic mass is 10.0. The Morgan fingerprint density at radius 3 is 2.59 bits per heavy atom. The maximum absolute atomic E-state index is 10.9. The SMILES string of the molecule is Cc1cccc2c(OC=O)c(CN)c(-c3ccccc3)nc12. The summed E-state index contributed by atoms with van der Waals surface area (Å²) in [7, 11) is 0. The van der Waals surface area contributed by atoms with Gasteiger partial charge in [-0.3, -0.25) is 4.79 Å². The Kier molecular flexibility index (Phi) is 3.85. The number of para-hydroxylation sites is 1. The molecule has 0 aliphatic heterocycles. The number of rotatable bonds is 4. The molecule has 0 aliphatic rings. The summed E-state index contributed by atoms with van der Waals surface area (Å²) in [6.07, 6.45) is 0. The van der Waals surface area contributed by atoms with Crippen LogP contribution in [-0.4, -0.2) is 11.5 Å². The molecule has 0 spiro atoms. The van der Waals surface area contributed by atoms with Crippen molar-refractivity contribution in [2.24, 2.45) is 5.73 Å². The second kappa shape index (κ2) is 5.95. The van der Waals surface area contributed by atoms with Gasteiger partial charge >= 0.3 is 0 Å². The molecule has 22 heavy (non-hydrogen) atoms. The Balaban J connectivity index is 2.41. The molecule has 110 valence electrons. The maximum atomic E-state index is 10.9. The average molecular weight is 292 g/mol. The third-order valence-corrected chi connectivity index (χ3v) is 3.68. The van der Waals surface area contributed by atoms with Crippen LogP contribution >= 0.6 is 0 Å². The van der Waals surface area contributed by atoms with Crippen LogP contribution in [0, 0.1) is 6.92 Å². The number of hydrogen-bond donors (Lipinski definition) is 1. The van der Waals surface area contributed by atoms with E-state index in [1.165, 1.54) is 0 Å². The van der Waals surface area contributed by atoms with Crippen molar-refractivity contribution in [1.82, 2.24) is 4.98 Å². The number of aromatic nitrogens is 1. The fraction of sp³-hybridized carbons (Fsp3) is 0.111. The zero-order valence-corrected chi connectivity index (χ0v) is 12.2. The van der Waals surface area contributed by atoms with Gasteiger partial charge in [0.1, 0.15) is 5.75 Å². The van der Waals surface area contributed by atoms with Crippen molar-refractivity contribution < 1.29 is 9.53 Å². The largest absolute Gasteiger partial charge is 0.428 e. The van der Waals surface area contributed by atoms with Crippen LogP contribution in [0.2, 0.25) is 0 Å². The second-order valence-electron chi connectivity index (χ2n) is 5.02. The first-order valence-corrected chi connectivity index (χ1v) is 7.04. The molecule has 4 heteroatoms. The van der Waals surface area contributed by atoms with Crippen molar-refractivity contribution in [2.45, 2.75) is 13.5 Å². The molecule has 1 aromatic heterocycles. The fourth-order valence-corrected chi connectivity index (χ4v) is 2.65. The Hall–Kier alpha value is -2.72. The van der Waals surface area contributed by atoms with Crippen LogP contribution in [0.3, 0.4) is 0 Å². The van der Waals surface area contributed by atoms with Gasteiger partial charge in [-0.1, -0.05) is 42.5 Å². The van der Waals surface area contributed by atoms with E-state index in [0.717, 1.165) is 33.3 Å². The molecule has 4 nitrogen and oxygen atoms in total. The molecule has 0 atom stereocenters. The van der Waals surface area contributed by atoms with E-state index in [2.05, 4.69) is 0 Å². The number of hydrogen-bond acceptors (Lipinski definition) is 4. The number of ether oxygens (including phenoxy) is 1. The molecule has 0 fully saturated rings. The van der Waals surface area contributed by atoms with Gasteiger partial charge in [-0.25, -0.2) is 4.98 Å². The molecule has 0 amide bonds. The predicted molar refractivity (Wildman–Crippen MR) is 86.5 cm³/mol. The highest BCUT2D eigenvalue weighted by Crippen LogP contribution is 2.36. The lowest BCUT2D eigenvalue weighted by Crippen LogP contribution is -2.06.